The van der Waals surface area contributed by atoms with E-state index in [2.05, 4.69) is 30.3 Å². The van der Waals surface area contributed by atoms with Crippen LogP contribution in [0.1, 0.15) is 32.3 Å². The normalized spacial score (nSPS) is 14.9. The number of hydrogen-bond acceptors (Lipinski definition) is 4. The second-order valence-corrected chi connectivity index (χ2v) is 5.12. The van der Waals surface area contributed by atoms with Crippen molar-refractivity contribution in [2.75, 3.05) is 17.6 Å². The minimum Gasteiger partial charge on any atom is -0.383 e. The maximum atomic E-state index is 9.10. The Kier molecular flexibility index (Phi) is 3.23. The van der Waals surface area contributed by atoms with Gasteiger partial charge in [-0.05, 0) is 24.7 Å². The zero-order valence-electron chi connectivity index (χ0n) is 10.4. The lowest BCUT2D eigenvalue weighted by Crippen LogP contribution is -2.10. The SMILES string of the molecule is CC(C)Cn1nc(NCC2CC2)c(C#N)c1N. The molecule has 0 amide bonds. The average molecular weight is 233 g/mol. The zero-order chi connectivity index (χ0) is 12.4. The molecular formula is C12H19N5. The van der Waals surface area contributed by atoms with E-state index < -0.39 is 0 Å². The lowest BCUT2D eigenvalue weighted by Gasteiger charge is -2.06. The van der Waals surface area contributed by atoms with Gasteiger partial charge in [0, 0.05) is 13.1 Å². The summed E-state index contributed by atoms with van der Waals surface area (Å²) in [5.41, 5.74) is 6.40. The fourth-order valence-electron chi connectivity index (χ4n) is 1.76. The Morgan fingerprint density at radius 3 is 2.82 bits per heavy atom. The van der Waals surface area contributed by atoms with Crippen molar-refractivity contribution in [3.05, 3.63) is 5.56 Å². The van der Waals surface area contributed by atoms with Crippen LogP contribution in [-0.2, 0) is 6.54 Å². The van der Waals surface area contributed by atoms with Gasteiger partial charge < -0.3 is 11.1 Å². The highest BCUT2D eigenvalue weighted by molar-refractivity contribution is 5.63. The summed E-state index contributed by atoms with van der Waals surface area (Å²) in [6, 6.07) is 2.13. The standard InChI is InChI=1S/C12H19N5/c1-8(2)7-17-11(14)10(5-13)12(16-17)15-6-9-3-4-9/h8-9H,3-4,6-7,14H2,1-2H3,(H,15,16). The van der Waals surface area contributed by atoms with Crippen LogP contribution in [0.25, 0.3) is 0 Å². The van der Waals surface area contributed by atoms with Gasteiger partial charge in [0.15, 0.2) is 5.82 Å². The zero-order valence-corrected chi connectivity index (χ0v) is 10.4. The summed E-state index contributed by atoms with van der Waals surface area (Å²) in [5, 5.41) is 16.7. The summed E-state index contributed by atoms with van der Waals surface area (Å²) in [5.74, 6) is 2.31. The molecule has 1 aliphatic rings. The van der Waals surface area contributed by atoms with Crippen LogP contribution in [0.15, 0.2) is 0 Å². The molecule has 0 bridgehead atoms. The fraction of sp³-hybridized carbons (Fsp3) is 0.667. The number of rotatable bonds is 5. The van der Waals surface area contributed by atoms with Crippen molar-refractivity contribution in [2.24, 2.45) is 11.8 Å². The van der Waals surface area contributed by atoms with Crippen molar-refractivity contribution in [3.63, 3.8) is 0 Å². The molecule has 5 nitrogen and oxygen atoms in total. The number of nitrogens with two attached hydrogens (primary N) is 1. The van der Waals surface area contributed by atoms with E-state index in [0.29, 0.717) is 23.1 Å². The molecule has 1 aliphatic carbocycles. The molecule has 3 N–H and O–H groups in total. The third-order valence-corrected chi connectivity index (χ3v) is 2.90. The number of hydrogen-bond donors (Lipinski definition) is 2. The van der Waals surface area contributed by atoms with Gasteiger partial charge in [-0.15, -0.1) is 0 Å². The summed E-state index contributed by atoms with van der Waals surface area (Å²) in [6.45, 7) is 5.84. The van der Waals surface area contributed by atoms with Gasteiger partial charge in [-0.25, -0.2) is 4.68 Å². The number of aromatic nitrogens is 2. The Balaban J connectivity index is 2.15. The average Bonchev–Trinajstić information content (AvgIpc) is 3.04. The Morgan fingerprint density at radius 1 is 1.59 bits per heavy atom. The van der Waals surface area contributed by atoms with E-state index in [1.807, 2.05) is 0 Å². The third-order valence-electron chi connectivity index (χ3n) is 2.90. The lowest BCUT2D eigenvalue weighted by atomic mass is 10.2. The van der Waals surface area contributed by atoms with E-state index in [-0.39, 0.29) is 0 Å². The Hall–Kier alpha value is -1.70. The van der Waals surface area contributed by atoms with Crippen molar-refractivity contribution in [1.82, 2.24) is 9.78 Å². The molecule has 0 aliphatic heterocycles. The molecule has 1 saturated carbocycles. The summed E-state index contributed by atoms with van der Waals surface area (Å²) in [6.07, 6.45) is 2.55. The first-order chi connectivity index (χ1) is 8.11. The van der Waals surface area contributed by atoms with Gasteiger partial charge >= 0.3 is 0 Å². The van der Waals surface area contributed by atoms with Gasteiger partial charge in [0.05, 0.1) is 0 Å². The minimum atomic E-state index is 0.458. The first-order valence-corrected chi connectivity index (χ1v) is 6.12. The van der Waals surface area contributed by atoms with Crippen molar-refractivity contribution in [2.45, 2.75) is 33.2 Å². The van der Waals surface area contributed by atoms with Crippen LogP contribution < -0.4 is 11.1 Å². The van der Waals surface area contributed by atoms with E-state index in [1.54, 1.807) is 4.68 Å². The first kappa shape index (κ1) is 11.8. The molecule has 5 heteroatoms. The van der Waals surface area contributed by atoms with Crippen LogP contribution in [-0.4, -0.2) is 16.3 Å². The third kappa shape index (κ3) is 2.70. The monoisotopic (exact) mass is 233 g/mol. The van der Waals surface area contributed by atoms with Crippen LogP contribution >= 0.6 is 0 Å². The quantitative estimate of drug-likeness (QED) is 0.813. The van der Waals surface area contributed by atoms with Crippen LogP contribution in [0.5, 0.6) is 0 Å². The molecule has 0 spiro atoms. The Morgan fingerprint density at radius 2 is 2.29 bits per heavy atom. The van der Waals surface area contributed by atoms with Crippen molar-refractivity contribution < 1.29 is 0 Å². The Bertz CT molecular complexity index is 436. The van der Waals surface area contributed by atoms with Crippen LogP contribution in [0.2, 0.25) is 0 Å². The van der Waals surface area contributed by atoms with Gasteiger partial charge in [-0.1, -0.05) is 13.8 Å². The van der Waals surface area contributed by atoms with E-state index >= 15 is 0 Å². The van der Waals surface area contributed by atoms with Gasteiger partial charge in [-0.2, -0.15) is 10.4 Å². The largest absolute Gasteiger partial charge is 0.383 e. The molecule has 1 heterocycles. The van der Waals surface area contributed by atoms with Crippen LogP contribution in [0.3, 0.4) is 0 Å². The first-order valence-electron chi connectivity index (χ1n) is 6.12. The van der Waals surface area contributed by atoms with Crippen LogP contribution in [0, 0.1) is 23.2 Å². The van der Waals surface area contributed by atoms with Crippen molar-refractivity contribution in [1.29, 1.82) is 5.26 Å². The summed E-state index contributed by atoms with van der Waals surface area (Å²) < 4.78 is 1.72. The minimum absolute atomic E-state index is 0.458. The second kappa shape index (κ2) is 4.66. The molecule has 0 radical (unpaired) electrons. The number of nitrogens with one attached hydrogen (secondary N) is 1. The molecule has 0 saturated heterocycles. The molecule has 17 heavy (non-hydrogen) atoms. The number of anilines is 2. The van der Waals surface area contributed by atoms with Crippen LogP contribution in [0.4, 0.5) is 11.6 Å². The van der Waals surface area contributed by atoms with Gasteiger partial charge in [0.1, 0.15) is 17.5 Å². The lowest BCUT2D eigenvalue weighted by molar-refractivity contribution is 0.489. The van der Waals surface area contributed by atoms with Gasteiger partial charge in [0.2, 0.25) is 0 Å². The molecule has 1 fully saturated rings. The predicted molar refractivity (Wildman–Crippen MR) is 67.4 cm³/mol. The number of nitriles is 1. The predicted octanol–water partition coefficient (Wildman–Crippen LogP) is 1.81. The molecule has 0 atom stereocenters. The highest BCUT2D eigenvalue weighted by atomic mass is 15.3. The van der Waals surface area contributed by atoms with E-state index in [0.717, 1.165) is 19.0 Å². The molecule has 92 valence electrons. The molecule has 1 aromatic rings. The van der Waals surface area contributed by atoms with E-state index in [4.69, 9.17) is 11.0 Å². The Labute approximate surface area is 102 Å². The number of nitrogens with zero attached hydrogens (tertiary/aromatic N) is 3. The maximum absolute atomic E-state index is 9.10. The number of nitrogen functional groups attached to an aromatic ring is 1. The molecule has 0 unspecified atom stereocenters. The van der Waals surface area contributed by atoms with E-state index in [1.165, 1.54) is 12.8 Å². The molecule has 2 rings (SSSR count). The van der Waals surface area contributed by atoms with Gasteiger partial charge in [0.25, 0.3) is 0 Å². The second-order valence-electron chi connectivity index (χ2n) is 5.12. The topological polar surface area (TPSA) is 79.7 Å². The summed E-state index contributed by atoms with van der Waals surface area (Å²) >= 11 is 0. The summed E-state index contributed by atoms with van der Waals surface area (Å²) in [4.78, 5) is 0. The maximum Gasteiger partial charge on any atom is 0.168 e. The van der Waals surface area contributed by atoms with Gasteiger partial charge in [-0.3, -0.25) is 0 Å². The highest BCUT2D eigenvalue weighted by Crippen LogP contribution is 2.30. The highest BCUT2D eigenvalue weighted by Gasteiger charge is 2.23. The van der Waals surface area contributed by atoms with Crippen molar-refractivity contribution >= 4 is 11.6 Å². The molecular weight excluding hydrogens is 214 g/mol. The smallest absolute Gasteiger partial charge is 0.168 e. The van der Waals surface area contributed by atoms with E-state index in [9.17, 15) is 0 Å². The molecule has 1 aromatic heterocycles. The fourth-order valence-corrected chi connectivity index (χ4v) is 1.76. The summed E-state index contributed by atoms with van der Waals surface area (Å²) in [7, 11) is 0. The van der Waals surface area contributed by atoms with Crippen molar-refractivity contribution in [3.8, 4) is 6.07 Å². The molecule has 0 aromatic carbocycles.